The molecule has 2 aliphatic heterocycles. The van der Waals surface area contributed by atoms with E-state index in [4.69, 9.17) is 4.74 Å². The van der Waals surface area contributed by atoms with E-state index in [1.54, 1.807) is 17.5 Å². The van der Waals surface area contributed by atoms with Crippen LogP contribution in [0.4, 0.5) is 0 Å². The predicted octanol–water partition coefficient (Wildman–Crippen LogP) is 1.83. The zero-order valence-electron chi connectivity index (χ0n) is 14.0. The highest BCUT2D eigenvalue weighted by Gasteiger charge is 2.41. The Morgan fingerprint density at radius 3 is 3.12 bits per heavy atom. The molecule has 0 aliphatic carbocycles. The van der Waals surface area contributed by atoms with Crippen LogP contribution in [0.2, 0.25) is 0 Å². The standard InChI is InChI=1S/C18H22N4O2S/c23-18(21-10-14-3-1-2-5-19-14)15-9-13-4-7-22(11-16(13)24-15)12-17-20-6-8-25-17/h1-3,5-6,8,13,15-16H,4,7,9-12H2,(H,21,23)/t13-,15+,16+/m1/s1. The average Bonchev–Trinajstić information content (AvgIpc) is 3.30. The van der Waals surface area contributed by atoms with Crippen LogP contribution in [-0.4, -0.2) is 46.1 Å². The molecule has 4 rings (SSSR count). The highest BCUT2D eigenvalue weighted by atomic mass is 32.1. The third kappa shape index (κ3) is 4.05. The molecular formula is C18H22N4O2S. The first-order valence-corrected chi connectivity index (χ1v) is 9.59. The van der Waals surface area contributed by atoms with Gasteiger partial charge in [-0.2, -0.15) is 0 Å². The fourth-order valence-corrected chi connectivity index (χ4v) is 4.28. The number of piperidine rings is 1. The first kappa shape index (κ1) is 16.6. The summed E-state index contributed by atoms with van der Waals surface area (Å²) in [5.41, 5.74) is 0.862. The van der Waals surface area contributed by atoms with Crippen molar-refractivity contribution < 1.29 is 9.53 Å². The average molecular weight is 358 g/mol. The van der Waals surface area contributed by atoms with Crippen molar-refractivity contribution in [3.05, 3.63) is 46.7 Å². The Bertz CT molecular complexity index is 694. The number of hydrogen-bond acceptors (Lipinski definition) is 6. The summed E-state index contributed by atoms with van der Waals surface area (Å²) in [6.45, 7) is 3.26. The molecule has 0 aromatic carbocycles. The van der Waals surface area contributed by atoms with Crippen molar-refractivity contribution >= 4 is 17.2 Å². The molecule has 1 amide bonds. The third-order valence-electron chi connectivity index (χ3n) is 4.94. The van der Waals surface area contributed by atoms with E-state index in [2.05, 4.69) is 20.2 Å². The SMILES string of the molecule is O=C(NCc1ccccn1)[C@@H]1C[C@H]2CCN(Cc3nccs3)C[C@@H]2O1. The molecule has 2 aromatic rings. The number of pyridine rings is 1. The van der Waals surface area contributed by atoms with Crippen LogP contribution >= 0.6 is 11.3 Å². The Balaban J connectivity index is 1.28. The van der Waals surface area contributed by atoms with Crippen molar-refractivity contribution in [1.82, 2.24) is 20.2 Å². The van der Waals surface area contributed by atoms with Crippen molar-refractivity contribution in [1.29, 1.82) is 0 Å². The van der Waals surface area contributed by atoms with Gasteiger partial charge >= 0.3 is 0 Å². The smallest absolute Gasteiger partial charge is 0.249 e. The van der Waals surface area contributed by atoms with Gasteiger partial charge in [-0.3, -0.25) is 14.7 Å². The van der Waals surface area contributed by atoms with Crippen LogP contribution < -0.4 is 5.32 Å². The van der Waals surface area contributed by atoms with E-state index in [0.717, 1.165) is 43.2 Å². The molecule has 1 N–H and O–H groups in total. The largest absolute Gasteiger partial charge is 0.364 e. The summed E-state index contributed by atoms with van der Waals surface area (Å²) in [6, 6.07) is 5.70. The Morgan fingerprint density at radius 2 is 2.32 bits per heavy atom. The second kappa shape index (κ2) is 7.59. The van der Waals surface area contributed by atoms with Crippen molar-refractivity contribution in [3.8, 4) is 0 Å². The lowest BCUT2D eigenvalue weighted by atomic mass is 9.91. The molecule has 0 radical (unpaired) electrons. The summed E-state index contributed by atoms with van der Waals surface area (Å²) >= 11 is 1.69. The van der Waals surface area contributed by atoms with E-state index < -0.39 is 0 Å². The number of nitrogens with one attached hydrogen (secondary N) is 1. The van der Waals surface area contributed by atoms with Gasteiger partial charge in [-0.25, -0.2) is 4.98 Å². The van der Waals surface area contributed by atoms with E-state index in [0.29, 0.717) is 12.5 Å². The molecule has 0 saturated carbocycles. The normalized spacial score (nSPS) is 26.3. The second-order valence-electron chi connectivity index (χ2n) is 6.65. The maximum atomic E-state index is 12.4. The van der Waals surface area contributed by atoms with Gasteiger partial charge in [0.2, 0.25) is 5.91 Å². The van der Waals surface area contributed by atoms with Crippen molar-refractivity contribution in [2.45, 2.75) is 38.1 Å². The molecule has 2 aromatic heterocycles. The number of carbonyl (C=O) groups is 1. The number of amides is 1. The van der Waals surface area contributed by atoms with Gasteiger partial charge in [0.15, 0.2) is 0 Å². The van der Waals surface area contributed by atoms with Crippen molar-refractivity contribution in [2.75, 3.05) is 13.1 Å². The first-order chi connectivity index (χ1) is 12.3. The van der Waals surface area contributed by atoms with E-state index in [1.807, 2.05) is 29.8 Å². The molecular weight excluding hydrogens is 336 g/mol. The number of carbonyl (C=O) groups excluding carboxylic acids is 1. The molecule has 7 heteroatoms. The van der Waals surface area contributed by atoms with Crippen molar-refractivity contribution in [3.63, 3.8) is 0 Å². The van der Waals surface area contributed by atoms with Gasteiger partial charge in [-0.1, -0.05) is 6.07 Å². The minimum absolute atomic E-state index is 0.0217. The second-order valence-corrected chi connectivity index (χ2v) is 7.63. The molecule has 3 atom stereocenters. The zero-order chi connectivity index (χ0) is 17.1. The lowest BCUT2D eigenvalue weighted by Gasteiger charge is -2.33. The van der Waals surface area contributed by atoms with E-state index >= 15 is 0 Å². The van der Waals surface area contributed by atoms with Crippen LogP contribution in [0.15, 0.2) is 36.0 Å². The summed E-state index contributed by atoms with van der Waals surface area (Å²) in [4.78, 5) is 23.4. The summed E-state index contributed by atoms with van der Waals surface area (Å²) in [5, 5.41) is 6.10. The Kier molecular flexibility index (Phi) is 5.05. The Hall–Kier alpha value is -1.83. The molecule has 2 fully saturated rings. The fourth-order valence-electron chi connectivity index (χ4n) is 3.62. The van der Waals surface area contributed by atoms with Crippen LogP contribution in [0.25, 0.3) is 0 Å². The van der Waals surface area contributed by atoms with Crippen LogP contribution in [-0.2, 0) is 22.6 Å². The summed E-state index contributed by atoms with van der Waals surface area (Å²) in [5.74, 6) is 0.463. The number of nitrogens with zero attached hydrogens (tertiary/aromatic N) is 3. The molecule has 2 saturated heterocycles. The number of fused-ring (bicyclic) bond motifs is 1. The molecule has 0 spiro atoms. The molecule has 6 nitrogen and oxygen atoms in total. The number of likely N-dealkylation sites (tertiary alicyclic amines) is 1. The number of hydrogen-bond donors (Lipinski definition) is 1. The topological polar surface area (TPSA) is 67.4 Å². The van der Waals surface area contributed by atoms with Gasteiger partial charge in [-0.05, 0) is 37.4 Å². The number of aromatic nitrogens is 2. The third-order valence-corrected chi connectivity index (χ3v) is 5.70. The van der Waals surface area contributed by atoms with Gasteiger partial charge in [0, 0.05) is 24.3 Å². The first-order valence-electron chi connectivity index (χ1n) is 8.72. The zero-order valence-corrected chi connectivity index (χ0v) is 14.8. The monoisotopic (exact) mass is 358 g/mol. The molecule has 25 heavy (non-hydrogen) atoms. The molecule has 132 valence electrons. The van der Waals surface area contributed by atoms with Gasteiger partial charge in [0.1, 0.15) is 11.1 Å². The quantitative estimate of drug-likeness (QED) is 0.883. The predicted molar refractivity (Wildman–Crippen MR) is 94.9 cm³/mol. The van der Waals surface area contributed by atoms with Gasteiger partial charge in [-0.15, -0.1) is 11.3 Å². The lowest BCUT2D eigenvalue weighted by molar-refractivity contribution is -0.133. The van der Waals surface area contributed by atoms with E-state index in [9.17, 15) is 4.79 Å². The Morgan fingerprint density at radius 1 is 1.36 bits per heavy atom. The number of ether oxygens (including phenoxy) is 1. The maximum absolute atomic E-state index is 12.4. The molecule has 0 bridgehead atoms. The van der Waals surface area contributed by atoms with E-state index in [1.165, 1.54) is 0 Å². The summed E-state index contributed by atoms with van der Waals surface area (Å²) < 4.78 is 6.07. The lowest BCUT2D eigenvalue weighted by Crippen LogP contribution is -2.42. The number of thiazole rings is 1. The Labute approximate surface area is 151 Å². The van der Waals surface area contributed by atoms with Gasteiger partial charge in [0.25, 0.3) is 0 Å². The van der Waals surface area contributed by atoms with Gasteiger partial charge in [0.05, 0.1) is 24.9 Å². The molecule has 4 heterocycles. The summed E-state index contributed by atoms with van der Waals surface area (Å²) in [7, 11) is 0. The maximum Gasteiger partial charge on any atom is 0.249 e. The molecule has 2 aliphatic rings. The van der Waals surface area contributed by atoms with Crippen molar-refractivity contribution in [2.24, 2.45) is 5.92 Å². The number of rotatable bonds is 5. The summed E-state index contributed by atoms with van der Waals surface area (Å²) in [6.07, 6.45) is 5.31. The minimum atomic E-state index is -0.335. The van der Waals surface area contributed by atoms with Crippen LogP contribution in [0.1, 0.15) is 23.5 Å². The van der Waals surface area contributed by atoms with Gasteiger partial charge < -0.3 is 10.1 Å². The highest BCUT2D eigenvalue weighted by Crippen LogP contribution is 2.33. The van der Waals surface area contributed by atoms with E-state index in [-0.39, 0.29) is 18.1 Å². The van der Waals surface area contributed by atoms with Crippen LogP contribution in [0.5, 0.6) is 0 Å². The highest BCUT2D eigenvalue weighted by molar-refractivity contribution is 7.09. The van der Waals surface area contributed by atoms with Crippen LogP contribution in [0, 0.1) is 5.92 Å². The minimum Gasteiger partial charge on any atom is -0.364 e. The van der Waals surface area contributed by atoms with Crippen LogP contribution in [0.3, 0.4) is 0 Å². The molecule has 0 unspecified atom stereocenters. The fraction of sp³-hybridized carbons (Fsp3) is 0.500.